The first-order chi connectivity index (χ1) is 16.3. The first-order valence-electron chi connectivity index (χ1n) is 12.2. The summed E-state index contributed by atoms with van der Waals surface area (Å²) in [5.41, 5.74) is 15.1. The number of hydrogen-bond donors (Lipinski definition) is 2. The molecule has 0 spiro atoms. The van der Waals surface area contributed by atoms with Crippen molar-refractivity contribution >= 4 is 29.4 Å². The van der Waals surface area contributed by atoms with Crippen molar-refractivity contribution in [1.82, 2.24) is 0 Å². The lowest BCUT2D eigenvalue weighted by Gasteiger charge is -2.28. The highest BCUT2D eigenvalue weighted by atomic mass is 16.5. The summed E-state index contributed by atoms with van der Waals surface area (Å²) in [7, 11) is 0. The third kappa shape index (κ3) is 7.65. The average molecular weight is 465 g/mol. The Labute approximate surface area is 202 Å². The Bertz CT molecular complexity index is 972. The molecule has 6 heteroatoms. The zero-order valence-corrected chi connectivity index (χ0v) is 20.2. The lowest BCUT2D eigenvalue weighted by atomic mass is 9.85. The number of carbonyl (C=O) groups excluding carboxylic acids is 2. The van der Waals surface area contributed by atoms with Crippen LogP contribution in [-0.4, -0.2) is 24.6 Å². The highest BCUT2D eigenvalue weighted by molar-refractivity contribution is 5.90. The number of hydrogen-bond acceptors (Lipinski definition) is 6. The van der Waals surface area contributed by atoms with Crippen LogP contribution in [0.3, 0.4) is 0 Å². The van der Waals surface area contributed by atoms with E-state index in [1.165, 1.54) is 18.9 Å². The summed E-state index contributed by atoms with van der Waals surface area (Å²) < 4.78 is 11.0. The Balaban J connectivity index is 1.44. The summed E-state index contributed by atoms with van der Waals surface area (Å²) in [4.78, 5) is 24.6. The maximum absolute atomic E-state index is 12.5. The van der Waals surface area contributed by atoms with Gasteiger partial charge >= 0.3 is 11.9 Å². The Morgan fingerprint density at radius 2 is 1.68 bits per heavy atom. The van der Waals surface area contributed by atoms with Gasteiger partial charge in [0.25, 0.3) is 0 Å². The number of nitrogens with two attached hydrogens (primary N) is 2. The molecule has 34 heavy (non-hydrogen) atoms. The minimum absolute atomic E-state index is 0.0149. The maximum atomic E-state index is 12.5. The molecule has 1 atom stereocenters. The van der Waals surface area contributed by atoms with Gasteiger partial charge in [0.2, 0.25) is 0 Å². The van der Waals surface area contributed by atoms with Gasteiger partial charge in [-0.05, 0) is 79.1 Å². The minimum atomic E-state index is -0.439. The average Bonchev–Trinajstić information content (AvgIpc) is 2.82. The summed E-state index contributed by atoms with van der Waals surface area (Å²) in [6.45, 7) is 4.38. The number of anilines is 2. The number of rotatable bonds is 9. The zero-order chi connectivity index (χ0) is 24.5. The van der Waals surface area contributed by atoms with Crippen molar-refractivity contribution in [3.63, 3.8) is 0 Å². The standard InChI is InChI=1S/C28H36N2O4/c1-3-4-20-7-12-26(13-8-20)34-28(32)22-10-5-21(6-11-22)9-14-27(31)33-18-19(2)23-15-24(29)17-25(30)16-23/h5-6,9-11,14-17,19-20,26H,3-4,7-8,12-13,18,29-30H2,1-2H3/b14-9+. The molecule has 0 bridgehead atoms. The maximum Gasteiger partial charge on any atom is 0.338 e. The lowest BCUT2D eigenvalue weighted by molar-refractivity contribution is -0.138. The van der Waals surface area contributed by atoms with Gasteiger partial charge < -0.3 is 20.9 Å². The lowest BCUT2D eigenvalue weighted by Crippen LogP contribution is -2.24. The third-order valence-corrected chi connectivity index (χ3v) is 6.37. The van der Waals surface area contributed by atoms with E-state index in [-0.39, 0.29) is 24.6 Å². The second-order valence-electron chi connectivity index (χ2n) is 9.26. The minimum Gasteiger partial charge on any atom is -0.462 e. The topological polar surface area (TPSA) is 105 Å². The van der Waals surface area contributed by atoms with Crippen LogP contribution in [0, 0.1) is 5.92 Å². The van der Waals surface area contributed by atoms with Gasteiger partial charge in [0.1, 0.15) is 6.10 Å². The first kappa shape index (κ1) is 25.3. The smallest absolute Gasteiger partial charge is 0.338 e. The summed E-state index contributed by atoms with van der Waals surface area (Å²) in [6.07, 6.45) is 9.70. The number of esters is 2. The van der Waals surface area contributed by atoms with Gasteiger partial charge in [-0.3, -0.25) is 0 Å². The molecule has 3 rings (SSSR count). The predicted octanol–water partition coefficient (Wildman–Crippen LogP) is 5.73. The van der Waals surface area contributed by atoms with Gasteiger partial charge in [0.15, 0.2) is 0 Å². The Morgan fingerprint density at radius 1 is 1.03 bits per heavy atom. The summed E-state index contributed by atoms with van der Waals surface area (Å²) in [6, 6.07) is 12.4. The van der Waals surface area contributed by atoms with Crippen molar-refractivity contribution in [1.29, 1.82) is 0 Å². The third-order valence-electron chi connectivity index (χ3n) is 6.37. The largest absolute Gasteiger partial charge is 0.462 e. The van der Waals surface area contributed by atoms with Crippen LogP contribution in [0.2, 0.25) is 0 Å². The molecule has 0 heterocycles. The first-order valence-corrected chi connectivity index (χ1v) is 12.2. The van der Waals surface area contributed by atoms with E-state index in [4.69, 9.17) is 20.9 Å². The number of nitrogen functional groups attached to an aromatic ring is 2. The molecule has 1 fully saturated rings. The van der Waals surface area contributed by atoms with Crippen LogP contribution < -0.4 is 11.5 Å². The molecule has 1 aliphatic carbocycles. The quantitative estimate of drug-likeness (QED) is 0.279. The fourth-order valence-corrected chi connectivity index (χ4v) is 4.40. The van der Waals surface area contributed by atoms with E-state index in [9.17, 15) is 9.59 Å². The summed E-state index contributed by atoms with van der Waals surface area (Å²) >= 11 is 0. The van der Waals surface area contributed by atoms with Gasteiger partial charge in [0, 0.05) is 23.4 Å². The molecule has 1 saturated carbocycles. The Hall–Kier alpha value is -3.28. The van der Waals surface area contributed by atoms with Crippen molar-refractivity contribution < 1.29 is 19.1 Å². The molecule has 1 aliphatic rings. The van der Waals surface area contributed by atoms with Gasteiger partial charge in [-0.25, -0.2) is 9.59 Å². The highest BCUT2D eigenvalue weighted by Crippen LogP contribution is 2.29. The van der Waals surface area contributed by atoms with Gasteiger partial charge in [0.05, 0.1) is 12.2 Å². The van der Waals surface area contributed by atoms with Crippen LogP contribution in [0.4, 0.5) is 11.4 Å². The van der Waals surface area contributed by atoms with Crippen molar-refractivity contribution in [3.8, 4) is 0 Å². The van der Waals surface area contributed by atoms with Crippen molar-refractivity contribution in [2.75, 3.05) is 18.1 Å². The molecule has 1 unspecified atom stereocenters. The molecular weight excluding hydrogens is 428 g/mol. The Morgan fingerprint density at radius 3 is 2.29 bits per heavy atom. The Kier molecular flexibility index (Phi) is 9.14. The fourth-order valence-electron chi connectivity index (χ4n) is 4.40. The van der Waals surface area contributed by atoms with Crippen LogP contribution >= 0.6 is 0 Å². The SMILES string of the molecule is CCCC1CCC(OC(=O)c2ccc(/C=C/C(=O)OCC(C)c3cc(N)cc(N)c3)cc2)CC1. The zero-order valence-electron chi connectivity index (χ0n) is 20.2. The molecule has 4 N–H and O–H groups in total. The van der Waals surface area contributed by atoms with Crippen LogP contribution in [0.15, 0.2) is 48.5 Å². The van der Waals surface area contributed by atoms with E-state index in [0.29, 0.717) is 16.9 Å². The van der Waals surface area contributed by atoms with E-state index in [1.807, 2.05) is 19.1 Å². The van der Waals surface area contributed by atoms with Gasteiger partial charge in [-0.15, -0.1) is 0 Å². The number of carbonyl (C=O) groups is 2. The van der Waals surface area contributed by atoms with Gasteiger partial charge in [-0.1, -0.05) is 38.8 Å². The second-order valence-corrected chi connectivity index (χ2v) is 9.26. The molecule has 182 valence electrons. The van der Waals surface area contributed by atoms with Crippen molar-refractivity contribution in [2.45, 2.75) is 64.4 Å². The molecule has 2 aromatic rings. The van der Waals surface area contributed by atoms with Crippen LogP contribution in [0.1, 0.15) is 79.8 Å². The molecule has 6 nitrogen and oxygen atoms in total. The number of benzene rings is 2. The molecule has 0 aliphatic heterocycles. The highest BCUT2D eigenvalue weighted by Gasteiger charge is 2.23. The van der Waals surface area contributed by atoms with E-state index >= 15 is 0 Å². The molecule has 2 aromatic carbocycles. The number of ether oxygens (including phenoxy) is 2. The van der Waals surface area contributed by atoms with E-state index < -0.39 is 5.97 Å². The fraction of sp³-hybridized carbons (Fsp3) is 0.429. The van der Waals surface area contributed by atoms with Crippen LogP contribution in [0.5, 0.6) is 0 Å². The van der Waals surface area contributed by atoms with Gasteiger partial charge in [-0.2, -0.15) is 0 Å². The van der Waals surface area contributed by atoms with Crippen molar-refractivity contribution in [3.05, 3.63) is 65.2 Å². The molecule has 0 amide bonds. The normalized spacial score (nSPS) is 19.0. The summed E-state index contributed by atoms with van der Waals surface area (Å²) in [5, 5.41) is 0. The van der Waals surface area contributed by atoms with Crippen LogP contribution in [-0.2, 0) is 14.3 Å². The molecular formula is C28H36N2O4. The summed E-state index contributed by atoms with van der Waals surface area (Å²) in [5.74, 6) is 0.0166. The second kappa shape index (κ2) is 12.3. The molecule has 0 aromatic heterocycles. The van der Waals surface area contributed by atoms with Crippen LogP contribution in [0.25, 0.3) is 6.08 Å². The van der Waals surface area contributed by atoms with E-state index in [2.05, 4.69) is 6.92 Å². The monoisotopic (exact) mass is 464 g/mol. The predicted molar refractivity (Wildman–Crippen MR) is 136 cm³/mol. The molecule has 0 saturated heterocycles. The van der Waals surface area contributed by atoms with E-state index in [1.54, 1.807) is 36.4 Å². The van der Waals surface area contributed by atoms with E-state index in [0.717, 1.165) is 42.7 Å². The molecule has 0 radical (unpaired) electrons. The van der Waals surface area contributed by atoms with Crippen molar-refractivity contribution in [2.24, 2.45) is 5.92 Å².